The molecule has 18 heavy (non-hydrogen) atoms. The fraction of sp³-hybridized carbons (Fsp3) is 0.538. The predicted molar refractivity (Wildman–Crippen MR) is 72.9 cm³/mol. The van der Waals surface area contributed by atoms with Crippen molar-refractivity contribution in [3.63, 3.8) is 0 Å². The highest BCUT2D eigenvalue weighted by molar-refractivity contribution is 9.10. The van der Waals surface area contributed by atoms with Gasteiger partial charge in [0.25, 0.3) is 0 Å². The van der Waals surface area contributed by atoms with Gasteiger partial charge in [0.1, 0.15) is 5.82 Å². The van der Waals surface area contributed by atoms with E-state index in [4.69, 9.17) is 10.5 Å². The van der Waals surface area contributed by atoms with Crippen LogP contribution < -0.4 is 5.73 Å². The number of ether oxygens (including phenoxy) is 1. The Morgan fingerprint density at radius 3 is 3.06 bits per heavy atom. The molecule has 2 N–H and O–H groups in total. The quantitative estimate of drug-likeness (QED) is 0.930. The maximum Gasteiger partial charge on any atom is 0.128 e. The molecule has 0 amide bonds. The monoisotopic (exact) mass is 316 g/mol. The van der Waals surface area contributed by atoms with E-state index < -0.39 is 0 Å². The van der Waals surface area contributed by atoms with E-state index in [2.05, 4.69) is 20.8 Å². The van der Waals surface area contributed by atoms with E-state index in [0.717, 1.165) is 17.6 Å². The van der Waals surface area contributed by atoms with Gasteiger partial charge < -0.3 is 10.5 Å². The van der Waals surface area contributed by atoms with Crippen LogP contribution in [0, 0.1) is 5.82 Å². The Hall–Kier alpha value is -0.490. The molecule has 1 aliphatic rings. The second-order valence-corrected chi connectivity index (χ2v) is 5.51. The van der Waals surface area contributed by atoms with Gasteiger partial charge in [-0.15, -0.1) is 0 Å². The zero-order valence-electron chi connectivity index (χ0n) is 10.4. The minimum atomic E-state index is -0.201. The minimum Gasteiger partial charge on any atom is -0.376 e. The summed E-state index contributed by atoms with van der Waals surface area (Å²) in [5, 5.41) is 0. The summed E-state index contributed by atoms with van der Waals surface area (Å²) < 4.78 is 20.3. The van der Waals surface area contributed by atoms with Gasteiger partial charge in [-0.25, -0.2) is 4.39 Å². The summed E-state index contributed by atoms with van der Waals surface area (Å²) in [6.45, 7) is 4.68. The van der Waals surface area contributed by atoms with Crippen molar-refractivity contribution in [1.82, 2.24) is 4.90 Å². The first-order chi connectivity index (χ1) is 8.61. The highest BCUT2D eigenvalue weighted by atomic mass is 79.9. The number of nitrogens with two attached hydrogens (primary N) is 1. The predicted octanol–water partition coefficient (Wildman–Crippen LogP) is 2.31. The molecule has 5 heteroatoms. The fourth-order valence-electron chi connectivity index (χ4n) is 2.37. The lowest BCUT2D eigenvalue weighted by Gasteiger charge is -2.37. The molecule has 0 radical (unpaired) electrons. The third-order valence-corrected chi connectivity index (χ3v) is 3.75. The Morgan fingerprint density at radius 1 is 1.61 bits per heavy atom. The van der Waals surface area contributed by atoms with Crippen molar-refractivity contribution < 1.29 is 9.13 Å². The Bertz CT molecular complexity index is 416. The van der Waals surface area contributed by atoms with Gasteiger partial charge in [0.2, 0.25) is 0 Å². The van der Waals surface area contributed by atoms with Crippen molar-refractivity contribution in [2.24, 2.45) is 5.73 Å². The summed E-state index contributed by atoms with van der Waals surface area (Å²) in [6, 6.07) is 4.90. The van der Waals surface area contributed by atoms with Crippen molar-refractivity contribution >= 4 is 15.9 Å². The van der Waals surface area contributed by atoms with Crippen LogP contribution in [0.2, 0.25) is 0 Å². The van der Waals surface area contributed by atoms with Gasteiger partial charge in [0.05, 0.1) is 18.8 Å². The van der Waals surface area contributed by atoms with Crippen LogP contribution in [0.3, 0.4) is 0 Å². The van der Waals surface area contributed by atoms with Crippen LogP contribution >= 0.6 is 15.9 Å². The molecule has 2 unspecified atom stereocenters. The van der Waals surface area contributed by atoms with Gasteiger partial charge >= 0.3 is 0 Å². The van der Waals surface area contributed by atoms with Gasteiger partial charge in [-0.1, -0.05) is 15.9 Å². The minimum absolute atomic E-state index is 0.0890. The smallest absolute Gasteiger partial charge is 0.128 e. The molecule has 0 bridgehead atoms. The average molecular weight is 317 g/mol. The lowest BCUT2D eigenvalue weighted by Crippen LogP contribution is -2.45. The molecule has 1 fully saturated rings. The normalized spacial score (nSPS) is 23.0. The number of hydrogen-bond acceptors (Lipinski definition) is 3. The maximum absolute atomic E-state index is 13.9. The summed E-state index contributed by atoms with van der Waals surface area (Å²) in [5.41, 5.74) is 6.49. The van der Waals surface area contributed by atoms with Crippen LogP contribution in [0.1, 0.15) is 18.5 Å². The van der Waals surface area contributed by atoms with Crippen LogP contribution in [0.4, 0.5) is 4.39 Å². The number of morpholine rings is 1. The first kappa shape index (κ1) is 13.9. The van der Waals surface area contributed by atoms with Gasteiger partial charge in [0, 0.05) is 29.7 Å². The number of rotatable bonds is 3. The Balaban J connectivity index is 2.24. The van der Waals surface area contributed by atoms with E-state index in [9.17, 15) is 4.39 Å². The average Bonchev–Trinajstić information content (AvgIpc) is 2.35. The number of nitrogens with zero attached hydrogens (tertiary/aromatic N) is 1. The molecule has 1 aromatic carbocycles. The van der Waals surface area contributed by atoms with E-state index in [-0.39, 0.29) is 18.0 Å². The molecule has 1 aromatic rings. The van der Waals surface area contributed by atoms with Crippen molar-refractivity contribution in [3.8, 4) is 0 Å². The lowest BCUT2D eigenvalue weighted by molar-refractivity contribution is -0.0337. The highest BCUT2D eigenvalue weighted by Gasteiger charge is 2.26. The van der Waals surface area contributed by atoms with Crippen LogP contribution in [0.5, 0.6) is 0 Å². The molecular formula is C13H18BrFN2O. The number of benzene rings is 1. The molecule has 0 spiro atoms. The number of hydrogen-bond donors (Lipinski definition) is 1. The molecule has 0 aromatic heterocycles. The molecule has 100 valence electrons. The molecule has 1 heterocycles. The summed E-state index contributed by atoms with van der Waals surface area (Å²) in [4.78, 5) is 2.19. The Morgan fingerprint density at radius 2 is 2.39 bits per heavy atom. The van der Waals surface area contributed by atoms with Crippen LogP contribution in [0.25, 0.3) is 0 Å². The van der Waals surface area contributed by atoms with Crippen molar-refractivity contribution in [3.05, 3.63) is 34.1 Å². The van der Waals surface area contributed by atoms with Gasteiger partial charge in [-0.3, -0.25) is 4.90 Å². The van der Waals surface area contributed by atoms with E-state index in [1.807, 2.05) is 13.0 Å². The van der Waals surface area contributed by atoms with Gasteiger partial charge in [-0.05, 0) is 25.1 Å². The zero-order chi connectivity index (χ0) is 13.1. The lowest BCUT2D eigenvalue weighted by atomic mass is 10.0. The van der Waals surface area contributed by atoms with Crippen molar-refractivity contribution in [2.45, 2.75) is 19.1 Å². The van der Waals surface area contributed by atoms with Gasteiger partial charge in [0.15, 0.2) is 0 Å². The standard InChI is InChI=1S/C13H18BrFN2O/c1-9-8-17(4-5-18-9)13(7-16)11-6-10(14)2-3-12(11)15/h2-3,6,9,13H,4-5,7-8,16H2,1H3. The first-order valence-corrected chi connectivity index (χ1v) is 6.91. The van der Waals surface area contributed by atoms with Crippen molar-refractivity contribution in [1.29, 1.82) is 0 Å². The largest absolute Gasteiger partial charge is 0.376 e. The molecule has 0 saturated carbocycles. The molecule has 1 aliphatic heterocycles. The summed E-state index contributed by atoms with van der Waals surface area (Å²) in [6.07, 6.45) is 0.169. The molecule has 2 rings (SSSR count). The topological polar surface area (TPSA) is 38.5 Å². The van der Waals surface area contributed by atoms with Crippen molar-refractivity contribution in [2.75, 3.05) is 26.2 Å². The van der Waals surface area contributed by atoms with E-state index in [1.54, 1.807) is 6.07 Å². The molecule has 2 atom stereocenters. The SMILES string of the molecule is CC1CN(C(CN)c2cc(Br)ccc2F)CCO1. The molecule has 3 nitrogen and oxygen atoms in total. The van der Waals surface area contributed by atoms with Gasteiger partial charge in [-0.2, -0.15) is 0 Å². The van der Waals surface area contributed by atoms with Crippen LogP contribution in [-0.2, 0) is 4.74 Å². The second kappa shape index (κ2) is 6.10. The summed E-state index contributed by atoms with van der Waals surface area (Å²) in [5.74, 6) is -0.201. The van der Waals surface area contributed by atoms with E-state index >= 15 is 0 Å². The molecule has 0 aliphatic carbocycles. The second-order valence-electron chi connectivity index (χ2n) is 4.59. The van der Waals surface area contributed by atoms with Crippen LogP contribution in [0.15, 0.2) is 22.7 Å². The zero-order valence-corrected chi connectivity index (χ0v) is 12.0. The summed E-state index contributed by atoms with van der Waals surface area (Å²) >= 11 is 3.38. The third kappa shape index (κ3) is 3.09. The Kier molecular flexibility index (Phi) is 4.72. The molecular weight excluding hydrogens is 299 g/mol. The van der Waals surface area contributed by atoms with Crippen LogP contribution in [-0.4, -0.2) is 37.2 Å². The fourth-order valence-corrected chi connectivity index (χ4v) is 2.75. The Labute approximate surface area is 115 Å². The third-order valence-electron chi connectivity index (χ3n) is 3.25. The maximum atomic E-state index is 13.9. The first-order valence-electron chi connectivity index (χ1n) is 6.12. The number of halogens is 2. The molecule has 1 saturated heterocycles. The highest BCUT2D eigenvalue weighted by Crippen LogP contribution is 2.27. The van der Waals surface area contributed by atoms with E-state index in [0.29, 0.717) is 18.7 Å². The van der Waals surface area contributed by atoms with E-state index in [1.165, 1.54) is 6.07 Å². The summed E-state index contributed by atoms with van der Waals surface area (Å²) in [7, 11) is 0.